The summed E-state index contributed by atoms with van der Waals surface area (Å²) in [5, 5.41) is 0.764. The molecule has 0 aromatic heterocycles. The lowest BCUT2D eigenvalue weighted by Crippen LogP contribution is -2.10. The molecule has 2 rings (SSSR count). The van der Waals surface area contributed by atoms with E-state index < -0.39 is 0 Å². The Kier molecular flexibility index (Phi) is 6.40. The zero-order valence-electron chi connectivity index (χ0n) is 11.8. The number of ether oxygens (including phenoxy) is 1. The highest BCUT2D eigenvalue weighted by molar-refractivity contribution is 9.10. The van der Waals surface area contributed by atoms with Crippen LogP contribution in [0.25, 0.3) is 0 Å². The van der Waals surface area contributed by atoms with Crippen molar-refractivity contribution in [3.8, 4) is 5.75 Å². The monoisotopic (exact) mass is 386 g/mol. The summed E-state index contributed by atoms with van der Waals surface area (Å²) in [5.41, 5.74) is 2.51. The van der Waals surface area contributed by atoms with Crippen LogP contribution in [0.1, 0.15) is 11.1 Å². The lowest BCUT2D eigenvalue weighted by Gasteiger charge is -2.15. The van der Waals surface area contributed by atoms with Gasteiger partial charge in [0.25, 0.3) is 0 Å². The highest BCUT2D eigenvalue weighted by atomic mass is 79.9. The molecule has 0 saturated carbocycles. The van der Waals surface area contributed by atoms with E-state index in [-0.39, 0.29) is 0 Å². The van der Waals surface area contributed by atoms with Crippen molar-refractivity contribution in [3.05, 3.63) is 63.1 Å². The minimum atomic E-state index is 0.396. The van der Waals surface area contributed by atoms with Gasteiger partial charge in [0.15, 0.2) is 0 Å². The van der Waals surface area contributed by atoms with E-state index in [0.29, 0.717) is 11.8 Å². The van der Waals surface area contributed by atoms with Crippen LogP contribution in [0.4, 0.5) is 0 Å². The van der Waals surface area contributed by atoms with Crippen LogP contribution in [-0.2, 0) is 12.8 Å². The maximum Gasteiger partial charge on any atom is 0.133 e. The molecule has 2 aromatic rings. The Morgan fingerprint density at radius 1 is 1.05 bits per heavy atom. The summed E-state index contributed by atoms with van der Waals surface area (Å²) < 4.78 is 6.23. The first-order valence-electron chi connectivity index (χ1n) is 6.75. The van der Waals surface area contributed by atoms with Crippen molar-refractivity contribution in [2.75, 3.05) is 13.0 Å². The lowest BCUT2D eigenvalue weighted by molar-refractivity contribution is 0.412. The van der Waals surface area contributed by atoms with Crippen LogP contribution in [0.5, 0.6) is 5.75 Å². The van der Waals surface area contributed by atoms with Gasteiger partial charge in [-0.2, -0.15) is 0 Å². The van der Waals surface area contributed by atoms with Gasteiger partial charge in [0.2, 0.25) is 0 Å². The van der Waals surface area contributed by atoms with Crippen molar-refractivity contribution in [3.63, 3.8) is 0 Å². The summed E-state index contributed by atoms with van der Waals surface area (Å²) in [4.78, 5) is 0. The predicted octanol–water partition coefficient (Wildman–Crippen LogP) is 5.75. The highest BCUT2D eigenvalue weighted by Crippen LogP contribution is 2.27. The van der Waals surface area contributed by atoms with Crippen LogP contribution in [0.2, 0.25) is 5.02 Å². The van der Waals surface area contributed by atoms with Gasteiger partial charge in [-0.15, -0.1) is 11.6 Å². The van der Waals surface area contributed by atoms with Crippen LogP contribution in [0.15, 0.2) is 46.9 Å². The summed E-state index contributed by atoms with van der Waals surface area (Å²) in [5.74, 6) is 1.87. The molecule has 0 bridgehead atoms. The number of rotatable bonds is 6. The quantitative estimate of drug-likeness (QED) is 0.573. The Labute approximate surface area is 144 Å². The van der Waals surface area contributed by atoms with Gasteiger partial charge in [-0.3, -0.25) is 0 Å². The molecule has 0 aliphatic heterocycles. The van der Waals surface area contributed by atoms with E-state index in [9.17, 15) is 0 Å². The molecule has 21 heavy (non-hydrogen) atoms. The minimum absolute atomic E-state index is 0.396. The molecule has 0 fully saturated rings. The zero-order valence-corrected chi connectivity index (χ0v) is 14.9. The Morgan fingerprint density at radius 2 is 1.67 bits per heavy atom. The van der Waals surface area contributed by atoms with E-state index in [1.54, 1.807) is 7.11 Å². The van der Waals surface area contributed by atoms with E-state index in [0.717, 1.165) is 28.1 Å². The van der Waals surface area contributed by atoms with Crippen LogP contribution in [0, 0.1) is 5.92 Å². The summed E-state index contributed by atoms with van der Waals surface area (Å²) in [6.07, 6.45) is 1.89. The van der Waals surface area contributed by atoms with Crippen LogP contribution >= 0.6 is 39.1 Å². The molecule has 0 aliphatic rings. The average molecular weight is 388 g/mol. The van der Waals surface area contributed by atoms with Gasteiger partial charge in [-0.05, 0) is 70.1 Å². The second-order valence-corrected chi connectivity index (χ2v) is 6.62. The maximum atomic E-state index is 6.13. The van der Waals surface area contributed by atoms with Crippen molar-refractivity contribution < 1.29 is 4.74 Å². The molecule has 1 atom stereocenters. The van der Waals surface area contributed by atoms with Crippen LogP contribution in [0.3, 0.4) is 0 Å². The first kappa shape index (κ1) is 16.7. The van der Waals surface area contributed by atoms with Gasteiger partial charge in [-0.25, -0.2) is 0 Å². The lowest BCUT2D eigenvalue weighted by atomic mass is 9.94. The number of methoxy groups -OCH3 is 1. The molecule has 2 aromatic carbocycles. The fourth-order valence-corrected chi connectivity index (χ4v) is 3.24. The fraction of sp³-hybridized carbons (Fsp3) is 0.294. The summed E-state index contributed by atoms with van der Waals surface area (Å²) >= 11 is 15.6. The predicted molar refractivity (Wildman–Crippen MR) is 93.8 cm³/mol. The Balaban J connectivity index is 2.05. The first-order valence-corrected chi connectivity index (χ1v) is 8.45. The molecular weight excluding hydrogens is 371 g/mol. The third-order valence-corrected chi connectivity index (χ3v) is 4.70. The van der Waals surface area contributed by atoms with Crippen molar-refractivity contribution in [2.45, 2.75) is 12.8 Å². The highest BCUT2D eigenvalue weighted by Gasteiger charge is 2.11. The molecule has 0 N–H and O–H groups in total. The molecule has 0 saturated heterocycles. The van der Waals surface area contributed by atoms with E-state index in [2.05, 4.69) is 40.2 Å². The van der Waals surface area contributed by atoms with Crippen molar-refractivity contribution in [1.29, 1.82) is 0 Å². The van der Waals surface area contributed by atoms with Gasteiger partial charge in [0.05, 0.1) is 11.6 Å². The van der Waals surface area contributed by atoms with Gasteiger partial charge in [0, 0.05) is 10.9 Å². The van der Waals surface area contributed by atoms with Crippen molar-refractivity contribution in [2.24, 2.45) is 5.92 Å². The number of alkyl halides is 1. The molecule has 1 unspecified atom stereocenters. The molecule has 0 aliphatic carbocycles. The molecule has 1 nitrogen and oxygen atoms in total. The molecule has 112 valence electrons. The third-order valence-electron chi connectivity index (χ3n) is 3.40. The number of hydrogen-bond donors (Lipinski definition) is 0. The van der Waals surface area contributed by atoms with Crippen molar-refractivity contribution >= 4 is 39.1 Å². The van der Waals surface area contributed by atoms with Crippen LogP contribution in [-0.4, -0.2) is 13.0 Å². The molecule has 0 radical (unpaired) electrons. The van der Waals surface area contributed by atoms with Gasteiger partial charge in [0.1, 0.15) is 5.75 Å². The fourth-order valence-electron chi connectivity index (χ4n) is 2.31. The first-order chi connectivity index (χ1) is 10.1. The number of hydrogen-bond acceptors (Lipinski definition) is 1. The average Bonchev–Trinajstić information content (AvgIpc) is 2.49. The van der Waals surface area contributed by atoms with E-state index in [1.807, 2.05) is 18.2 Å². The summed E-state index contributed by atoms with van der Waals surface area (Å²) in [7, 11) is 1.67. The molecule has 0 spiro atoms. The third kappa shape index (κ3) is 4.91. The maximum absolute atomic E-state index is 6.13. The van der Waals surface area contributed by atoms with Crippen molar-refractivity contribution in [1.82, 2.24) is 0 Å². The SMILES string of the molecule is COc1ccc(CC(CCl)Cc2ccc(Cl)cc2)cc1Br. The molecule has 0 amide bonds. The Hall–Kier alpha value is -0.700. The topological polar surface area (TPSA) is 9.23 Å². The summed E-state index contributed by atoms with van der Waals surface area (Å²) in [6.45, 7) is 0. The largest absolute Gasteiger partial charge is 0.496 e. The standard InChI is InChI=1S/C17H17BrCl2O/c1-21-17-7-4-13(10-16(17)18)9-14(11-19)8-12-2-5-15(20)6-3-12/h2-7,10,14H,8-9,11H2,1H3. The zero-order chi connectivity index (χ0) is 15.2. The second kappa shape index (κ2) is 8.07. The number of benzene rings is 2. The smallest absolute Gasteiger partial charge is 0.133 e. The Morgan fingerprint density at radius 3 is 2.24 bits per heavy atom. The Bertz CT molecular complexity index is 584. The van der Waals surface area contributed by atoms with Crippen LogP contribution < -0.4 is 4.74 Å². The van der Waals surface area contributed by atoms with Gasteiger partial charge in [-0.1, -0.05) is 29.8 Å². The summed E-state index contributed by atoms with van der Waals surface area (Å²) in [6, 6.07) is 14.1. The molecule has 4 heteroatoms. The number of halogens is 3. The second-order valence-electron chi connectivity index (χ2n) is 5.02. The normalized spacial score (nSPS) is 12.2. The molecule has 0 heterocycles. The van der Waals surface area contributed by atoms with Gasteiger partial charge >= 0.3 is 0 Å². The van der Waals surface area contributed by atoms with E-state index in [1.165, 1.54) is 11.1 Å². The van der Waals surface area contributed by atoms with E-state index >= 15 is 0 Å². The van der Waals surface area contributed by atoms with E-state index in [4.69, 9.17) is 27.9 Å². The molecular formula is C17H17BrCl2O. The van der Waals surface area contributed by atoms with Gasteiger partial charge < -0.3 is 4.74 Å². The minimum Gasteiger partial charge on any atom is -0.496 e.